The number of halogens is 1. The van der Waals surface area contributed by atoms with Gasteiger partial charge in [0.15, 0.2) is 0 Å². The highest BCUT2D eigenvalue weighted by Gasteiger charge is 2.36. The highest BCUT2D eigenvalue weighted by atomic mass is 19.1. The van der Waals surface area contributed by atoms with Crippen LogP contribution in [0.15, 0.2) is 24.4 Å². The molecule has 0 saturated heterocycles. The van der Waals surface area contributed by atoms with Gasteiger partial charge >= 0.3 is 0 Å². The summed E-state index contributed by atoms with van der Waals surface area (Å²) >= 11 is 0. The maximum Gasteiger partial charge on any atom is 0.147 e. The van der Waals surface area contributed by atoms with Crippen molar-refractivity contribution in [2.45, 2.75) is 31.1 Å². The van der Waals surface area contributed by atoms with E-state index in [1.807, 2.05) is 17.7 Å². The minimum Gasteiger partial charge on any atom is -0.348 e. The standard InChI is InChI=1S/C15H19FN2/c1-18-9-12(15(10-17)7-2-3-8-15)11-5-4-6-13(16)14(11)18/h4-6,9H,2-3,7-8,10,17H2,1H3. The first kappa shape index (κ1) is 11.7. The minimum atomic E-state index is -0.147. The number of para-hydroxylation sites is 1. The Morgan fingerprint density at radius 3 is 2.72 bits per heavy atom. The van der Waals surface area contributed by atoms with Gasteiger partial charge in [-0.25, -0.2) is 4.39 Å². The van der Waals surface area contributed by atoms with Crippen molar-refractivity contribution in [3.05, 3.63) is 35.8 Å². The maximum absolute atomic E-state index is 13.9. The average Bonchev–Trinajstić information content (AvgIpc) is 2.96. The van der Waals surface area contributed by atoms with E-state index in [9.17, 15) is 4.39 Å². The van der Waals surface area contributed by atoms with E-state index in [1.165, 1.54) is 24.5 Å². The Kier molecular flexibility index (Phi) is 2.67. The van der Waals surface area contributed by atoms with Crippen LogP contribution in [0, 0.1) is 5.82 Å². The second-order valence-electron chi connectivity index (χ2n) is 5.48. The van der Waals surface area contributed by atoms with Crippen molar-refractivity contribution in [2.24, 2.45) is 12.8 Å². The van der Waals surface area contributed by atoms with E-state index in [0.29, 0.717) is 12.1 Å². The van der Waals surface area contributed by atoms with Crippen LogP contribution in [-0.4, -0.2) is 11.1 Å². The van der Waals surface area contributed by atoms with Gasteiger partial charge in [0.2, 0.25) is 0 Å². The van der Waals surface area contributed by atoms with Gasteiger partial charge in [-0.05, 0) is 24.5 Å². The molecule has 1 fully saturated rings. The Balaban J connectivity index is 2.27. The lowest BCUT2D eigenvalue weighted by Gasteiger charge is -2.27. The van der Waals surface area contributed by atoms with Crippen LogP contribution < -0.4 is 5.73 Å². The van der Waals surface area contributed by atoms with E-state index in [2.05, 4.69) is 6.20 Å². The third-order valence-corrected chi connectivity index (χ3v) is 4.48. The molecule has 96 valence electrons. The monoisotopic (exact) mass is 246 g/mol. The number of aromatic nitrogens is 1. The molecule has 3 heteroatoms. The molecule has 3 rings (SSSR count). The zero-order valence-corrected chi connectivity index (χ0v) is 10.7. The number of hydrogen-bond donors (Lipinski definition) is 1. The van der Waals surface area contributed by atoms with Gasteiger partial charge in [0.25, 0.3) is 0 Å². The fraction of sp³-hybridized carbons (Fsp3) is 0.467. The van der Waals surface area contributed by atoms with E-state index >= 15 is 0 Å². The van der Waals surface area contributed by atoms with Crippen molar-refractivity contribution in [2.75, 3.05) is 6.54 Å². The molecule has 2 aromatic rings. The lowest BCUT2D eigenvalue weighted by Crippen LogP contribution is -2.31. The highest BCUT2D eigenvalue weighted by molar-refractivity contribution is 5.85. The van der Waals surface area contributed by atoms with Gasteiger partial charge in [0.1, 0.15) is 5.82 Å². The zero-order valence-electron chi connectivity index (χ0n) is 10.7. The van der Waals surface area contributed by atoms with Crippen LogP contribution in [0.25, 0.3) is 10.9 Å². The number of aryl methyl sites for hydroxylation is 1. The number of rotatable bonds is 2. The fourth-order valence-corrected chi connectivity index (χ4v) is 3.48. The Bertz CT molecular complexity index is 579. The Hall–Kier alpha value is -1.35. The summed E-state index contributed by atoms with van der Waals surface area (Å²) in [6, 6.07) is 5.33. The number of nitrogens with zero attached hydrogens (tertiary/aromatic N) is 1. The normalized spacial score (nSPS) is 18.6. The molecule has 0 aliphatic heterocycles. The Labute approximate surface area is 107 Å². The average molecular weight is 246 g/mol. The fourth-order valence-electron chi connectivity index (χ4n) is 3.48. The summed E-state index contributed by atoms with van der Waals surface area (Å²) in [5.41, 5.74) is 8.04. The molecule has 0 radical (unpaired) electrons. The lowest BCUT2D eigenvalue weighted by molar-refractivity contribution is 0.456. The van der Waals surface area contributed by atoms with Gasteiger partial charge in [0, 0.05) is 30.6 Å². The van der Waals surface area contributed by atoms with E-state index < -0.39 is 0 Å². The summed E-state index contributed by atoms with van der Waals surface area (Å²) in [5, 5.41) is 1.03. The highest BCUT2D eigenvalue weighted by Crippen LogP contribution is 2.43. The van der Waals surface area contributed by atoms with Gasteiger partial charge < -0.3 is 10.3 Å². The Morgan fingerprint density at radius 1 is 1.33 bits per heavy atom. The number of benzene rings is 1. The van der Waals surface area contributed by atoms with Crippen LogP contribution in [0.1, 0.15) is 31.2 Å². The SMILES string of the molecule is Cn1cc(C2(CN)CCCC2)c2cccc(F)c21. The smallest absolute Gasteiger partial charge is 0.147 e. The third kappa shape index (κ3) is 1.50. The van der Waals surface area contributed by atoms with Gasteiger partial charge in [-0.15, -0.1) is 0 Å². The molecule has 1 saturated carbocycles. The molecule has 0 atom stereocenters. The number of nitrogens with two attached hydrogens (primary N) is 1. The van der Waals surface area contributed by atoms with E-state index in [0.717, 1.165) is 18.2 Å². The van der Waals surface area contributed by atoms with Crippen molar-refractivity contribution < 1.29 is 4.39 Å². The molecular formula is C15H19FN2. The van der Waals surface area contributed by atoms with Gasteiger partial charge in [-0.1, -0.05) is 25.0 Å². The molecule has 1 aliphatic carbocycles. The molecule has 0 spiro atoms. The summed E-state index contributed by atoms with van der Waals surface area (Å²) in [7, 11) is 1.91. The molecule has 1 aliphatic rings. The molecule has 1 aromatic carbocycles. The molecule has 0 amide bonds. The van der Waals surface area contributed by atoms with Crippen molar-refractivity contribution in [3.8, 4) is 0 Å². The molecular weight excluding hydrogens is 227 g/mol. The van der Waals surface area contributed by atoms with E-state index in [1.54, 1.807) is 6.07 Å². The molecule has 1 aromatic heterocycles. The molecule has 1 heterocycles. The maximum atomic E-state index is 13.9. The quantitative estimate of drug-likeness (QED) is 0.867. The van der Waals surface area contributed by atoms with Gasteiger partial charge in [-0.2, -0.15) is 0 Å². The molecule has 2 nitrogen and oxygen atoms in total. The lowest BCUT2D eigenvalue weighted by atomic mass is 9.79. The second-order valence-corrected chi connectivity index (χ2v) is 5.48. The largest absolute Gasteiger partial charge is 0.348 e. The summed E-state index contributed by atoms with van der Waals surface area (Å²) in [5.74, 6) is -0.147. The van der Waals surface area contributed by atoms with Crippen LogP contribution in [0.4, 0.5) is 4.39 Å². The summed E-state index contributed by atoms with van der Waals surface area (Å²) in [6.45, 7) is 0.655. The molecule has 0 bridgehead atoms. The number of fused-ring (bicyclic) bond motifs is 1. The van der Waals surface area contributed by atoms with Crippen molar-refractivity contribution in [1.82, 2.24) is 4.57 Å². The summed E-state index contributed by atoms with van der Waals surface area (Å²) in [6.07, 6.45) is 6.77. The van der Waals surface area contributed by atoms with E-state index in [-0.39, 0.29) is 11.2 Å². The summed E-state index contributed by atoms with van der Waals surface area (Å²) in [4.78, 5) is 0. The predicted molar refractivity (Wildman–Crippen MR) is 72.1 cm³/mol. The number of hydrogen-bond acceptors (Lipinski definition) is 1. The first-order valence-electron chi connectivity index (χ1n) is 6.62. The van der Waals surface area contributed by atoms with Gasteiger partial charge in [-0.3, -0.25) is 0 Å². The van der Waals surface area contributed by atoms with Crippen LogP contribution in [-0.2, 0) is 12.5 Å². The van der Waals surface area contributed by atoms with Crippen LogP contribution in [0.2, 0.25) is 0 Å². The van der Waals surface area contributed by atoms with Crippen LogP contribution in [0.5, 0.6) is 0 Å². The molecule has 0 unspecified atom stereocenters. The van der Waals surface area contributed by atoms with Crippen LogP contribution >= 0.6 is 0 Å². The topological polar surface area (TPSA) is 30.9 Å². The predicted octanol–water partition coefficient (Wildman–Crippen LogP) is 3.09. The molecule has 2 N–H and O–H groups in total. The Morgan fingerprint density at radius 2 is 2.06 bits per heavy atom. The first-order chi connectivity index (χ1) is 8.68. The second kappa shape index (κ2) is 4.09. The van der Waals surface area contributed by atoms with Crippen LogP contribution in [0.3, 0.4) is 0 Å². The zero-order chi connectivity index (χ0) is 12.8. The molecule has 18 heavy (non-hydrogen) atoms. The van der Waals surface area contributed by atoms with Crippen molar-refractivity contribution in [3.63, 3.8) is 0 Å². The van der Waals surface area contributed by atoms with Crippen molar-refractivity contribution in [1.29, 1.82) is 0 Å². The van der Waals surface area contributed by atoms with Crippen molar-refractivity contribution >= 4 is 10.9 Å². The van der Waals surface area contributed by atoms with E-state index in [4.69, 9.17) is 5.73 Å². The summed E-state index contributed by atoms with van der Waals surface area (Å²) < 4.78 is 15.8. The third-order valence-electron chi connectivity index (χ3n) is 4.48. The minimum absolute atomic E-state index is 0.0628. The van der Waals surface area contributed by atoms with Gasteiger partial charge in [0.05, 0.1) is 5.52 Å². The first-order valence-corrected chi connectivity index (χ1v) is 6.62.